The number of methoxy groups -OCH3 is 1. The smallest absolute Gasteiger partial charge is 0.141 e. The minimum absolute atomic E-state index is 0.876. The van der Waals surface area contributed by atoms with Crippen LogP contribution < -0.4 is 4.74 Å². The summed E-state index contributed by atoms with van der Waals surface area (Å²) in [6.07, 6.45) is 2.73. The molecule has 0 aliphatic carbocycles. The lowest BCUT2D eigenvalue weighted by atomic mass is 10.3. The molecule has 0 radical (unpaired) electrons. The fourth-order valence-electron chi connectivity index (χ4n) is 1.43. The number of H-pyrrole nitrogens is 1. The Morgan fingerprint density at radius 1 is 1.54 bits per heavy atom. The molecule has 2 aromatic rings. The van der Waals surface area contributed by atoms with E-state index in [2.05, 4.69) is 23.0 Å². The maximum absolute atomic E-state index is 5.23. The van der Waals surface area contributed by atoms with Crippen LogP contribution in [0.5, 0.6) is 5.75 Å². The molecule has 0 aliphatic heterocycles. The number of pyridine rings is 1. The summed E-state index contributed by atoms with van der Waals surface area (Å²) in [6.45, 7) is 2.11. The van der Waals surface area contributed by atoms with E-state index in [1.165, 1.54) is 5.69 Å². The zero-order valence-corrected chi connectivity index (χ0v) is 7.79. The second kappa shape index (κ2) is 3.09. The van der Waals surface area contributed by atoms with Gasteiger partial charge in [0.05, 0.1) is 12.5 Å². The lowest BCUT2D eigenvalue weighted by Crippen LogP contribution is -1.84. The predicted octanol–water partition coefficient (Wildman–Crippen LogP) is 2.13. The molecule has 0 spiro atoms. The van der Waals surface area contributed by atoms with Gasteiger partial charge in [-0.25, -0.2) is 4.98 Å². The van der Waals surface area contributed by atoms with Gasteiger partial charge in [0.2, 0.25) is 0 Å². The topological polar surface area (TPSA) is 37.9 Å². The van der Waals surface area contributed by atoms with Gasteiger partial charge in [-0.1, -0.05) is 6.92 Å². The Morgan fingerprint density at radius 3 is 3.08 bits per heavy atom. The van der Waals surface area contributed by atoms with Gasteiger partial charge >= 0.3 is 0 Å². The highest BCUT2D eigenvalue weighted by atomic mass is 16.5. The van der Waals surface area contributed by atoms with E-state index in [0.717, 1.165) is 23.2 Å². The molecular formula is C10H12N2O. The molecule has 0 atom stereocenters. The molecule has 0 bridgehead atoms. The second-order valence-electron chi connectivity index (χ2n) is 2.92. The van der Waals surface area contributed by atoms with E-state index in [1.54, 1.807) is 13.3 Å². The van der Waals surface area contributed by atoms with Crippen LogP contribution in [0.15, 0.2) is 18.3 Å². The van der Waals surface area contributed by atoms with Gasteiger partial charge in [0, 0.05) is 11.9 Å². The van der Waals surface area contributed by atoms with Crippen molar-refractivity contribution in [2.75, 3.05) is 7.11 Å². The van der Waals surface area contributed by atoms with Crippen molar-refractivity contribution in [2.45, 2.75) is 13.3 Å². The highest BCUT2D eigenvalue weighted by molar-refractivity contribution is 5.83. The highest BCUT2D eigenvalue weighted by Crippen LogP contribution is 2.24. The number of rotatable bonds is 2. The van der Waals surface area contributed by atoms with Crippen molar-refractivity contribution >= 4 is 11.0 Å². The first kappa shape index (κ1) is 8.10. The third kappa shape index (κ3) is 1.26. The van der Waals surface area contributed by atoms with Gasteiger partial charge in [-0.05, 0) is 18.6 Å². The number of aromatic amines is 1. The number of hydrogen-bond acceptors (Lipinski definition) is 2. The fraction of sp³-hybridized carbons (Fsp3) is 0.300. The fourth-order valence-corrected chi connectivity index (χ4v) is 1.43. The van der Waals surface area contributed by atoms with Gasteiger partial charge in [0.25, 0.3) is 0 Å². The van der Waals surface area contributed by atoms with Crippen molar-refractivity contribution in [3.63, 3.8) is 0 Å². The molecule has 2 aromatic heterocycles. The molecular weight excluding hydrogens is 164 g/mol. The quantitative estimate of drug-likeness (QED) is 0.761. The molecule has 1 N–H and O–H groups in total. The number of fused-ring (bicyclic) bond motifs is 1. The molecule has 0 aliphatic rings. The summed E-state index contributed by atoms with van der Waals surface area (Å²) in [4.78, 5) is 7.45. The molecule has 3 heteroatoms. The first-order chi connectivity index (χ1) is 6.35. The van der Waals surface area contributed by atoms with Gasteiger partial charge in [0.1, 0.15) is 11.4 Å². The predicted molar refractivity (Wildman–Crippen MR) is 52.0 cm³/mol. The van der Waals surface area contributed by atoms with E-state index in [4.69, 9.17) is 4.74 Å². The summed E-state index contributed by atoms with van der Waals surface area (Å²) in [5.74, 6) is 0.876. The van der Waals surface area contributed by atoms with Gasteiger partial charge in [-0.3, -0.25) is 0 Å². The summed E-state index contributed by atoms with van der Waals surface area (Å²) < 4.78 is 5.23. The number of aromatic nitrogens is 2. The van der Waals surface area contributed by atoms with Crippen LogP contribution in [-0.2, 0) is 6.42 Å². The summed E-state index contributed by atoms with van der Waals surface area (Å²) in [6, 6.07) is 3.96. The first-order valence-corrected chi connectivity index (χ1v) is 4.35. The SMILES string of the molecule is CCc1cc2c(OC)ccnc2[nH]1. The average molecular weight is 176 g/mol. The first-order valence-electron chi connectivity index (χ1n) is 4.35. The van der Waals surface area contributed by atoms with Crippen LogP contribution >= 0.6 is 0 Å². The average Bonchev–Trinajstić information content (AvgIpc) is 2.59. The number of nitrogens with zero attached hydrogens (tertiary/aromatic N) is 1. The third-order valence-corrected chi connectivity index (χ3v) is 2.15. The maximum Gasteiger partial charge on any atom is 0.141 e. The molecule has 13 heavy (non-hydrogen) atoms. The number of ether oxygens (including phenoxy) is 1. The second-order valence-corrected chi connectivity index (χ2v) is 2.92. The molecule has 0 fully saturated rings. The van der Waals surface area contributed by atoms with Gasteiger partial charge in [-0.15, -0.1) is 0 Å². The highest BCUT2D eigenvalue weighted by Gasteiger charge is 2.04. The summed E-state index contributed by atoms with van der Waals surface area (Å²) in [5, 5.41) is 1.06. The lowest BCUT2D eigenvalue weighted by molar-refractivity contribution is 0.419. The van der Waals surface area contributed by atoms with E-state index in [9.17, 15) is 0 Å². The molecule has 0 unspecified atom stereocenters. The zero-order valence-electron chi connectivity index (χ0n) is 7.79. The van der Waals surface area contributed by atoms with Crippen molar-refractivity contribution in [3.05, 3.63) is 24.0 Å². The van der Waals surface area contributed by atoms with Crippen LogP contribution in [0, 0.1) is 0 Å². The van der Waals surface area contributed by atoms with Crippen LogP contribution in [0.3, 0.4) is 0 Å². The Kier molecular flexibility index (Phi) is 1.93. The number of hydrogen-bond donors (Lipinski definition) is 1. The van der Waals surface area contributed by atoms with E-state index in [1.807, 2.05) is 6.07 Å². The molecule has 0 aromatic carbocycles. The maximum atomic E-state index is 5.23. The normalized spacial score (nSPS) is 10.6. The molecule has 3 nitrogen and oxygen atoms in total. The number of aryl methyl sites for hydroxylation is 1. The van der Waals surface area contributed by atoms with Crippen molar-refractivity contribution in [3.8, 4) is 5.75 Å². The largest absolute Gasteiger partial charge is 0.496 e. The van der Waals surface area contributed by atoms with Gasteiger partial charge < -0.3 is 9.72 Å². The van der Waals surface area contributed by atoms with Crippen LogP contribution in [0.4, 0.5) is 0 Å². The molecule has 0 amide bonds. The van der Waals surface area contributed by atoms with Crippen molar-refractivity contribution in [1.82, 2.24) is 9.97 Å². The van der Waals surface area contributed by atoms with Crippen molar-refractivity contribution < 1.29 is 4.74 Å². The van der Waals surface area contributed by atoms with E-state index < -0.39 is 0 Å². The molecule has 2 heterocycles. The lowest BCUT2D eigenvalue weighted by Gasteiger charge is -1.98. The Bertz CT molecular complexity index is 420. The van der Waals surface area contributed by atoms with Crippen molar-refractivity contribution in [2.24, 2.45) is 0 Å². The Balaban J connectivity index is 2.67. The van der Waals surface area contributed by atoms with Gasteiger partial charge in [0.15, 0.2) is 0 Å². The molecule has 0 saturated carbocycles. The molecule has 68 valence electrons. The van der Waals surface area contributed by atoms with Crippen LogP contribution in [0.2, 0.25) is 0 Å². The molecule has 0 saturated heterocycles. The van der Waals surface area contributed by atoms with Crippen LogP contribution in [-0.4, -0.2) is 17.1 Å². The third-order valence-electron chi connectivity index (χ3n) is 2.15. The molecule has 2 rings (SSSR count). The summed E-state index contributed by atoms with van der Waals surface area (Å²) in [5.41, 5.74) is 2.09. The number of nitrogens with one attached hydrogen (secondary N) is 1. The van der Waals surface area contributed by atoms with Crippen LogP contribution in [0.1, 0.15) is 12.6 Å². The minimum atomic E-state index is 0.876. The van der Waals surface area contributed by atoms with E-state index in [0.29, 0.717) is 0 Å². The van der Waals surface area contributed by atoms with Crippen LogP contribution in [0.25, 0.3) is 11.0 Å². The zero-order chi connectivity index (χ0) is 9.26. The van der Waals surface area contributed by atoms with E-state index in [-0.39, 0.29) is 0 Å². The Labute approximate surface area is 76.8 Å². The minimum Gasteiger partial charge on any atom is -0.496 e. The van der Waals surface area contributed by atoms with E-state index >= 15 is 0 Å². The summed E-state index contributed by atoms with van der Waals surface area (Å²) in [7, 11) is 1.67. The monoisotopic (exact) mass is 176 g/mol. The van der Waals surface area contributed by atoms with Crippen molar-refractivity contribution in [1.29, 1.82) is 0 Å². The standard InChI is InChI=1S/C10H12N2O/c1-3-7-6-8-9(13-2)4-5-11-10(8)12-7/h4-6H,3H2,1-2H3,(H,11,12). The Hall–Kier alpha value is -1.51. The van der Waals surface area contributed by atoms with Gasteiger partial charge in [-0.2, -0.15) is 0 Å². The Morgan fingerprint density at radius 2 is 2.38 bits per heavy atom. The summed E-state index contributed by atoms with van der Waals surface area (Å²) >= 11 is 0.